The summed E-state index contributed by atoms with van der Waals surface area (Å²) >= 11 is 0. The van der Waals surface area contributed by atoms with Crippen LogP contribution in [0.5, 0.6) is 5.75 Å². The normalized spacial score (nSPS) is 10.7. The van der Waals surface area contributed by atoms with Gasteiger partial charge in [-0.2, -0.15) is 0 Å². The van der Waals surface area contributed by atoms with Gasteiger partial charge in [0, 0.05) is 17.5 Å². The Hall–Kier alpha value is -1.83. The molecule has 0 atom stereocenters. The molecule has 2 rings (SSSR count). The van der Waals surface area contributed by atoms with E-state index >= 15 is 0 Å². The van der Waals surface area contributed by atoms with E-state index in [1.54, 1.807) is 6.07 Å². The molecule has 1 nitrogen and oxygen atoms in total. The van der Waals surface area contributed by atoms with Gasteiger partial charge < -0.3 is 5.11 Å². The molecule has 0 aliphatic heterocycles. The van der Waals surface area contributed by atoms with Crippen LogP contribution in [0.25, 0.3) is 0 Å². The van der Waals surface area contributed by atoms with Crippen molar-refractivity contribution in [1.29, 1.82) is 0 Å². The molecule has 1 N–H and O–H groups in total. The van der Waals surface area contributed by atoms with Gasteiger partial charge in [0.25, 0.3) is 0 Å². The lowest BCUT2D eigenvalue weighted by molar-refractivity contribution is 0.464. The van der Waals surface area contributed by atoms with Crippen LogP contribution in [-0.4, -0.2) is 5.11 Å². The average Bonchev–Trinajstić information content (AvgIpc) is 2.29. The Morgan fingerprint density at radius 1 is 1.06 bits per heavy atom. The van der Waals surface area contributed by atoms with Crippen molar-refractivity contribution in [3.8, 4) is 5.75 Å². The molecule has 0 unspecified atom stereocenters. The monoisotopic (exact) mass is 215 g/mol. The van der Waals surface area contributed by atoms with E-state index in [2.05, 4.69) is 0 Å². The van der Waals surface area contributed by atoms with E-state index < -0.39 is 5.82 Å². The molecule has 1 radical (unpaired) electrons. The third kappa shape index (κ3) is 2.06. The molecular formula is C14H12FO. The van der Waals surface area contributed by atoms with Gasteiger partial charge in [0.1, 0.15) is 11.6 Å². The first-order valence-corrected chi connectivity index (χ1v) is 5.06. The summed E-state index contributed by atoms with van der Waals surface area (Å²) in [5, 5.41) is 9.66. The SMILES string of the molecule is C[C](c1ccccc1)c1ccc(F)cc1O. The molecule has 0 fully saturated rings. The molecule has 0 bridgehead atoms. The van der Waals surface area contributed by atoms with Gasteiger partial charge in [0.15, 0.2) is 0 Å². The van der Waals surface area contributed by atoms with Crippen LogP contribution in [0.4, 0.5) is 4.39 Å². The van der Waals surface area contributed by atoms with Crippen molar-refractivity contribution in [3.63, 3.8) is 0 Å². The third-order valence-electron chi connectivity index (χ3n) is 2.57. The quantitative estimate of drug-likeness (QED) is 0.812. The smallest absolute Gasteiger partial charge is 0.126 e. The highest BCUT2D eigenvalue weighted by molar-refractivity contribution is 5.50. The van der Waals surface area contributed by atoms with E-state index in [9.17, 15) is 9.50 Å². The maximum atomic E-state index is 12.8. The second-order valence-electron chi connectivity index (χ2n) is 3.65. The van der Waals surface area contributed by atoms with E-state index in [1.165, 1.54) is 6.07 Å². The highest BCUT2D eigenvalue weighted by Gasteiger charge is 2.13. The predicted octanol–water partition coefficient (Wildman–Crippen LogP) is 3.52. The summed E-state index contributed by atoms with van der Waals surface area (Å²) in [5.74, 6) is 0.474. The zero-order valence-corrected chi connectivity index (χ0v) is 8.94. The number of phenolic OH excluding ortho intramolecular Hbond substituents is 1. The largest absolute Gasteiger partial charge is 0.508 e. The molecule has 0 spiro atoms. The van der Waals surface area contributed by atoms with Crippen LogP contribution in [0, 0.1) is 11.7 Å². The Labute approximate surface area is 94.2 Å². The summed E-state index contributed by atoms with van der Waals surface area (Å²) in [4.78, 5) is 0. The van der Waals surface area contributed by atoms with Crippen molar-refractivity contribution >= 4 is 0 Å². The lowest BCUT2D eigenvalue weighted by Crippen LogP contribution is -1.97. The van der Waals surface area contributed by atoms with E-state index in [0.29, 0.717) is 5.56 Å². The second kappa shape index (κ2) is 4.35. The minimum Gasteiger partial charge on any atom is -0.508 e. The molecule has 2 aromatic carbocycles. The van der Waals surface area contributed by atoms with E-state index in [1.807, 2.05) is 37.3 Å². The number of phenols is 1. The Bertz CT molecular complexity index is 479. The minimum atomic E-state index is -0.429. The zero-order chi connectivity index (χ0) is 11.5. The molecule has 0 aliphatic carbocycles. The summed E-state index contributed by atoms with van der Waals surface area (Å²) in [6, 6.07) is 13.8. The Morgan fingerprint density at radius 2 is 1.75 bits per heavy atom. The molecule has 16 heavy (non-hydrogen) atoms. The molecular weight excluding hydrogens is 203 g/mol. The fourth-order valence-corrected chi connectivity index (χ4v) is 1.67. The number of aromatic hydroxyl groups is 1. The summed E-state index contributed by atoms with van der Waals surface area (Å²) in [5.41, 5.74) is 1.68. The predicted molar refractivity (Wildman–Crippen MR) is 61.6 cm³/mol. The van der Waals surface area contributed by atoms with Crippen LogP contribution >= 0.6 is 0 Å². The first kappa shape index (κ1) is 10.7. The Balaban J connectivity index is 2.38. The topological polar surface area (TPSA) is 20.2 Å². The van der Waals surface area contributed by atoms with Gasteiger partial charge >= 0.3 is 0 Å². The molecule has 0 heterocycles. The number of rotatable bonds is 2. The number of hydrogen-bond donors (Lipinski definition) is 1. The lowest BCUT2D eigenvalue weighted by atomic mass is 9.92. The van der Waals surface area contributed by atoms with Crippen LogP contribution < -0.4 is 0 Å². The van der Waals surface area contributed by atoms with Gasteiger partial charge in [-0.15, -0.1) is 0 Å². The number of hydrogen-bond acceptors (Lipinski definition) is 1. The highest BCUT2D eigenvalue weighted by Crippen LogP contribution is 2.30. The van der Waals surface area contributed by atoms with Gasteiger partial charge in [0.05, 0.1) is 0 Å². The summed E-state index contributed by atoms with van der Waals surface area (Å²) in [6.45, 7) is 1.91. The maximum absolute atomic E-state index is 12.8. The number of halogens is 1. The first-order valence-electron chi connectivity index (χ1n) is 5.06. The lowest BCUT2D eigenvalue weighted by Gasteiger charge is -2.13. The van der Waals surface area contributed by atoms with E-state index in [0.717, 1.165) is 17.5 Å². The Kier molecular flexibility index (Phi) is 2.91. The van der Waals surface area contributed by atoms with Crippen LogP contribution in [0.2, 0.25) is 0 Å². The zero-order valence-electron chi connectivity index (χ0n) is 8.94. The van der Waals surface area contributed by atoms with Gasteiger partial charge in [0.2, 0.25) is 0 Å². The molecule has 0 saturated heterocycles. The molecule has 2 heteroatoms. The van der Waals surface area contributed by atoms with Gasteiger partial charge in [-0.1, -0.05) is 43.3 Å². The third-order valence-corrected chi connectivity index (χ3v) is 2.57. The summed E-state index contributed by atoms with van der Waals surface area (Å²) in [7, 11) is 0. The molecule has 0 aromatic heterocycles. The van der Waals surface area contributed by atoms with Crippen LogP contribution in [0.1, 0.15) is 18.1 Å². The fourth-order valence-electron chi connectivity index (χ4n) is 1.67. The van der Waals surface area contributed by atoms with Crippen molar-refractivity contribution in [2.75, 3.05) is 0 Å². The second-order valence-corrected chi connectivity index (χ2v) is 3.65. The summed E-state index contributed by atoms with van der Waals surface area (Å²) < 4.78 is 12.8. The van der Waals surface area contributed by atoms with Crippen molar-refractivity contribution < 1.29 is 9.50 Å². The minimum absolute atomic E-state index is 0.0265. The molecule has 0 saturated carbocycles. The van der Waals surface area contributed by atoms with Gasteiger partial charge in [-0.3, -0.25) is 0 Å². The van der Waals surface area contributed by atoms with Crippen molar-refractivity contribution in [1.82, 2.24) is 0 Å². The molecule has 2 aromatic rings. The van der Waals surface area contributed by atoms with E-state index in [4.69, 9.17) is 0 Å². The number of benzene rings is 2. The van der Waals surface area contributed by atoms with Gasteiger partial charge in [-0.05, 0) is 11.6 Å². The van der Waals surface area contributed by atoms with Crippen LogP contribution in [-0.2, 0) is 0 Å². The Morgan fingerprint density at radius 3 is 2.38 bits per heavy atom. The van der Waals surface area contributed by atoms with Crippen molar-refractivity contribution in [3.05, 3.63) is 71.4 Å². The maximum Gasteiger partial charge on any atom is 0.126 e. The van der Waals surface area contributed by atoms with Crippen LogP contribution in [0.15, 0.2) is 48.5 Å². The molecule has 81 valence electrons. The van der Waals surface area contributed by atoms with Crippen molar-refractivity contribution in [2.24, 2.45) is 0 Å². The van der Waals surface area contributed by atoms with Gasteiger partial charge in [-0.25, -0.2) is 4.39 Å². The van der Waals surface area contributed by atoms with Crippen LogP contribution in [0.3, 0.4) is 0 Å². The highest BCUT2D eigenvalue weighted by atomic mass is 19.1. The first-order chi connectivity index (χ1) is 7.68. The molecule has 0 amide bonds. The van der Waals surface area contributed by atoms with E-state index in [-0.39, 0.29) is 5.75 Å². The van der Waals surface area contributed by atoms with Crippen molar-refractivity contribution in [2.45, 2.75) is 6.92 Å². The standard InChI is InChI=1S/C14H12FO/c1-10(11-5-3-2-4-6-11)13-8-7-12(15)9-14(13)16/h2-9,16H,1H3. The fraction of sp³-hybridized carbons (Fsp3) is 0.0714. The molecule has 0 aliphatic rings. The summed E-state index contributed by atoms with van der Waals surface area (Å²) in [6.07, 6.45) is 0. The average molecular weight is 215 g/mol.